The van der Waals surface area contributed by atoms with Gasteiger partial charge >= 0.3 is 0 Å². The molecule has 2 aliphatic heterocycles. The monoisotopic (exact) mass is 397 g/mol. The number of carbonyl (C=O) groups excluding carboxylic acids is 2. The third-order valence-corrected chi connectivity index (χ3v) is 7.78. The van der Waals surface area contributed by atoms with Crippen LogP contribution in [0.15, 0.2) is 28.0 Å². The van der Waals surface area contributed by atoms with E-state index in [1.807, 2.05) is 0 Å². The Hall–Kier alpha value is -1.58. The Balaban J connectivity index is 1.94. The third-order valence-electron chi connectivity index (χ3n) is 4.83. The Morgan fingerprint density at radius 3 is 2.65 bits per heavy atom. The Kier molecular flexibility index (Phi) is 5.59. The van der Waals surface area contributed by atoms with Crippen molar-refractivity contribution in [3.63, 3.8) is 0 Å². The quantitative estimate of drug-likeness (QED) is 0.827. The minimum atomic E-state index is -3.61. The highest BCUT2D eigenvalue weighted by Gasteiger charge is 2.31. The van der Waals surface area contributed by atoms with Gasteiger partial charge in [0, 0.05) is 25.0 Å². The molecule has 1 fully saturated rings. The summed E-state index contributed by atoms with van der Waals surface area (Å²) in [5, 5.41) is 2.50. The highest BCUT2D eigenvalue weighted by atomic mass is 32.2. The lowest BCUT2D eigenvalue weighted by molar-refractivity contribution is -0.122. The number of hydrogen-bond donors (Lipinski definition) is 1. The van der Waals surface area contributed by atoms with Gasteiger partial charge < -0.3 is 10.2 Å². The van der Waals surface area contributed by atoms with Crippen LogP contribution in [-0.2, 0) is 19.6 Å². The van der Waals surface area contributed by atoms with E-state index >= 15 is 0 Å². The molecule has 3 rings (SSSR count). The van der Waals surface area contributed by atoms with E-state index in [9.17, 15) is 18.0 Å². The van der Waals surface area contributed by atoms with Gasteiger partial charge in [-0.25, -0.2) is 8.42 Å². The molecule has 1 aromatic rings. The van der Waals surface area contributed by atoms with Crippen molar-refractivity contribution < 1.29 is 18.0 Å². The smallest absolute Gasteiger partial charge is 0.243 e. The molecule has 0 spiro atoms. The molecule has 2 heterocycles. The molecule has 1 saturated heterocycles. The van der Waals surface area contributed by atoms with Crippen LogP contribution in [-0.4, -0.2) is 57.0 Å². The van der Waals surface area contributed by atoms with Gasteiger partial charge in [-0.2, -0.15) is 4.31 Å². The van der Waals surface area contributed by atoms with Crippen molar-refractivity contribution in [1.82, 2.24) is 9.62 Å². The van der Waals surface area contributed by atoms with Crippen molar-refractivity contribution in [3.05, 3.63) is 18.2 Å². The number of rotatable bonds is 4. The van der Waals surface area contributed by atoms with Gasteiger partial charge in [-0.15, -0.1) is 11.8 Å². The molecular weight excluding hydrogens is 374 g/mol. The summed E-state index contributed by atoms with van der Waals surface area (Å²) >= 11 is 1.36. The molecule has 7 nitrogen and oxygen atoms in total. The summed E-state index contributed by atoms with van der Waals surface area (Å²) in [7, 11) is -2.10. The fourth-order valence-electron chi connectivity index (χ4n) is 3.11. The van der Waals surface area contributed by atoms with Crippen LogP contribution in [0.25, 0.3) is 0 Å². The number of sulfonamides is 1. The molecule has 2 aliphatic rings. The van der Waals surface area contributed by atoms with Gasteiger partial charge in [0.2, 0.25) is 21.8 Å². The van der Waals surface area contributed by atoms with E-state index in [4.69, 9.17) is 0 Å². The normalized spacial score (nSPS) is 19.3. The van der Waals surface area contributed by atoms with E-state index in [0.29, 0.717) is 24.7 Å². The van der Waals surface area contributed by atoms with E-state index in [2.05, 4.69) is 12.2 Å². The van der Waals surface area contributed by atoms with Crippen LogP contribution in [0.4, 0.5) is 5.69 Å². The van der Waals surface area contributed by atoms with Gasteiger partial charge in [0.15, 0.2) is 0 Å². The van der Waals surface area contributed by atoms with Crippen LogP contribution in [0.3, 0.4) is 0 Å². The Morgan fingerprint density at radius 1 is 1.31 bits per heavy atom. The fraction of sp³-hybridized carbons (Fsp3) is 0.529. The van der Waals surface area contributed by atoms with Crippen LogP contribution in [0.1, 0.15) is 19.8 Å². The molecule has 9 heteroatoms. The fourth-order valence-corrected chi connectivity index (χ4v) is 5.52. The average Bonchev–Trinajstić information content (AvgIpc) is 2.63. The minimum Gasteiger partial charge on any atom is -0.358 e. The zero-order chi connectivity index (χ0) is 18.9. The molecule has 2 amide bonds. The second-order valence-electron chi connectivity index (χ2n) is 6.66. The highest BCUT2D eigenvalue weighted by Crippen LogP contribution is 2.37. The molecule has 0 atom stereocenters. The van der Waals surface area contributed by atoms with Crippen molar-refractivity contribution >= 4 is 39.3 Å². The summed E-state index contributed by atoms with van der Waals surface area (Å²) in [6.07, 6.45) is 1.70. The standard InChI is InChI=1S/C17H23N3O4S2/c1-12-5-7-19(8-6-12)26(23,24)13-3-4-15-14(9-13)20(10-16(21)18-2)17(22)11-25-15/h3-4,9,12H,5-8,10-11H2,1-2H3,(H,18,21). The summed E-state index contributed by atoms with van der Waals surface area (Å²) < 4.78 is 27.5. The maximum atomic E-state index is 13.0. The molecule has 0 radical (unpaired) electrons. The van der Waals surface area contributed by atoms with Crippen molar-refractivity contribution in [2.75, 3.05) is 37.3 Å². The molecule has 1 N–H and O–H groups in total. The zero-order valence-electron chi connectivity index (χ0n) is 14.9. The number of amides is 2. The van der Waals surface area contributed by atoms with Crippen LogP contribution in [0, 0.1) is 5.92 Å². The van der Waals surface area contributed by atoms with Crippen LogP contribution in [0.2, 0.25) is 0 Å². The molecular formula is C17H23N3O4S2. The SMILES string of the molecule is CNC(=O)CN1C(=O)CSc2ccc(S(=O)(=O)N3CCC(C)CC3)cc21. The number of thioether (sulfide) groups is 1. The number of carbonyl (C=O) groups is 2. The van der Waals surface area contributed by atoms with Gasteiger partial charge in [0.05, 0.1) is 16.3 Å². The Morgan fingerprint density at radius 2 is 2.00 bits per heavy atom. The number of nitrogens with zero attached hydrogens (tertiary/aromatic N) is 2. The molecule has 1 aromatic carbocycles. The van der Waals surface area contributed by atoms with Crippen molar-refractivity contribution in [2.45, 2.75) is 29.6 Å². The van der Waals surface area contributed by atoms with Crippen LogP contribution < -0.4 is 10.2 Å². The third kappa shape index (κ3) is 3.74. The first-order chi connectivity index (χ1) is 12.3. The van der Waals surface area contributed by atoms with Crippen molar-refractivity contribution in [2.24, 2.45) is 5.92 Å². The number of nitrogens with one attached hydrogen (secondary N) is 1. The zero-order valence-corrected chi connectivity index (χ0v) is 16.5. The van der Waals surface area contributed by atoms with Crippen LogP contribution >= 0.6 is 11.8 Å². The predicted molar refractivity (Wildman–Crippen MR) is 101 cm³/mol. The summed E-state index contributed by atoms with van der Waals surface area (Å²) in [5.74, 6) is 0.268. The molecule has 0 aromatic heterocycles. The molecule has 26 heavy (non-hydrogen) atoms. The van der Waals surface area contributed by atoms with E-state index in [0.717, 1.165) is 17.7 Å². The first-order valence-corrected chi connectivity index (χ1v) is 11.0. The topological polar surface area (TPSA) is 86.8 Å². The van der Waals surface area contributed by atoms with E-state index in [-0.39, 0.29) is 29.0 Å². The lowest BCUT2D eigenvalue weighted by atomic mass is 10.0. The Bertz CT molecular complexity index is 817. The number of piperidine rings is 1. The van der Waals surface area contributed by atoms with Crippen molar-refractivity contribution in [1.29, 1.82) is 0 Å². The maximum Gasteiger partial charge on any atom is 0.243 e. The highest BCUT2D eigenvalue weighted by molar-refractivity contribution is 8.00. The van der Waals surface area contributed by atoms with Crippen LogP contribution in [0.5, 0.6) is 0 Å². The lowest BCUT2D eigenvalue weighted by Crippen LogP contribution is -2.42. The van der Waals surface area contributed by atoms with E-state index < -0.39 is 10.0 Å². The van der Waals surface area contributed by atoms with Gasteiger partial charge in [0.25, 0.3) is 0 Å². The number of benzene rings is 1. The first kappa shape index (κ1) is 19.2. The van der Waals surface area contributed by atoms with E-state index in [1.54, 1.807) is 12.1 Å². The molecule has 0 unspecified atom stereocenters. The predicted octanol–water partition coefficient (Wildman–Crippen LogP) is 1.29. The van der Waals surface area contributed by atoms with Crippen molar-refractivity contribution in [3.8, 4) is 0 Å². The second-order valence-corrected chi connectivity index (χ2v) is 9.61. The van der Waals surface area contributed by atoms with Gasteiger partial charge in [-0.1, -0.05) is 6.92 Å². The summed E-state index contributed by atoms with van der Waals surface area (Å²) in [5.41, 5.74) is 0.487. The molecule has 0 bridgehead atoms. The summed E-state index contributed by atoms with van der Waals surface area (Å²) in [6, 6.07) is 4.84. The van der Waals surface area contributed by atoms with Gasteiger partial charge in [0.1, 0.15) is 6.54 Å². The maximum absolute atomic E-state index is 13.0. The van der Waals surface area contributed by atoms with Gasteiger partial charge in [-0.05, 0) is 37.0 Å². The minimum absolute atomic E-state index is 0.117. The Labute approximate surface area is 158 Å². The lowest BCUT2D eigenvalue weighted by Gasteiger charge is -2.31. The molecule has 0 saturated carbocycles. The molecule has 0 aliphatic carbocycles. The number of likely N-dealkylation sites (N-methyl/N-ethyl adjacent to an activating group) is 1. The number of hydrogen-bond acceptors (Lipinski definition) is 5. The van der Waals surface area contributed by atoms with E-state index in [1.165, 1.54) is 34.1 Å². The summed E-state index contributed by atoms with van der Waals surface area (Å²) in [4.78, 5) is 26.4. The average molecular weight is 398 g/mol. The number of fused-ring (bicyclic) bond motifs is 1. The molecule has 142 valence electrons. The first-order valence-electron chi connectivity index (χ1n) is 8.61. The summed E-state index contributed by atoms with van der Waals surface area (Å²) in [6.45, 7) is 3.03. The largest absolute Gasteiger partial charge is 0.358 e. The van der Waals surface area contributed by atoms with Gasteiger partial charge in [-0.3, -0.25) is 9.59 Å². The number of anilines is 1. The second kappa shape index (κ2) is 7.58.